The normalized spacial score (nSPS) is 12.0. The molecule has 0 spiro atoms. The molecule has 1 unspecified atom stereocenters. The largest absolute Gasteiger partial charge is 0.497 e. The number of carbonyl (C=O) groups is 1. The summed E-state index contributed by atoms with van der Waals surface area (Å²) in [4.78, 5) is 11.0. The molecule has 0 aliphatic rings. The van der Waals surface area contributed by atoms with E-state index in [1.54, 1.807) is 0 Å². The molecule has 1 aromatic rings. The Bertz CT molecular complexity index is 364. The number of halogens is 1. The summed E-state index contributed by atoms with van der Waals surface area (Å²) in [5.41, 5.74) is 0.0960. The Morgan fingerprint density at radius 2 is 2.07 bits per heavy atom. The van der Waals surface area contributed by atoms with E-state index in [1.807, 2.05) is 0 Å². The van der Waals surface area contributed by atoms with Gasteiger partial charge in [0.2, 0.25) is 0 Å². The zero-order valence-corrected chi connectivity index (χ0v) is 8.36. The van der Waals surface area contributed by atoms with E-state index in [4.69, 9.17) is 4.74 Å². The lowest BCUT2D eigenvalue weighted by Gasteiger charge is -2.10. The summed E-state index contributed by atoms with van der Waals surface area (Å²) in [5, 5.41) is 9.44. The van der Waals surface area contributed by atoms with Crippen molar-refractivity contribution in [2.75, 3.05) is 14.2 Å². The van der Waals surface area contributed by atoms with Gasteiger partial charge in [-0.05, 0) is 17.7 Å². The third-order valence-electron chi connectivity index (χ3n) is 1.87. The number of aliphatic hydroxyl groups is 1. The molecule has 1 aromatic carbocycles. The monoisotopic (exact) mass is 214 g/mol. The lowest BCUT2D eigenvalue weighted by molar-refractivity contribution is -0.150. The molecule has 0 radical (unpaired) electrons. The minimum atomic E-state index is -1.50. The van der Waals surface area contributed by atoms with Crippen LogP contribution in [-0.2, 0) is 9.53 Å². The zero-order chi connectivity index (χ0) is 11.4. The van der Waals surface area contributed by atoms with Crippen LogP contribution in [0.2, 0.25) is 0 Å². The van der Waals surface area contributed by atoms with Crippen molar-refractivity contribution in [3.63, 3.8) is 0 Å². The predicted molar refractivity (Wildman–Crippen MR) is 49.9 cm³/mol. The fraction of sp³-hybridized carbons (Fsp3) is 0.300. The van der Waals surface area contributed by atoms with E-state index < -0.39 is 17.9 Å². The Balaban J connectivity index is 3.03. The van der Waals surface area contributed by atoms with Gasteiger partial charge in [-0.15, -0.1) is 0 Å². The summed E-state index contributed by atoms with van der Waals surface area (Å²) in [6.07, 6.45) is -1.50. The maximum absolute atomic E-state index is 13.0. The highest BCUT2D eigenvalue weighted by Crippen LogP contribution is 2.21. The molecule has 82 valence electrons. The van der Waals surface area contributed by atoms with Gasteiger partial charge in [-0.2, -0.15) is 0 Å². The van der Waals surface area contributed by atoms with Crippen molar-refractivity contribution >= 4 is 5.97 Å². The van der Waals surface area contributed by atoms with Crippen LogP contribution in [0.3, 0.4) is 0 Å². The molecule has 1 atom stereocenters. The van der Waals surface area contributed by atoms with Crippen LogP contribution in [0.1, 0.15) is 11.7 Å². The Hall–Kier alpha value is -1.62. The molecular formula is C10H11FO4. The van der Waals surface area contributed by atoms with Crippen molar-refractivity contribution in [3.8, 4) is 5.75 Å². The minimum Gasteiger partial charge on any atom is -0.497 e. The second kappa shape index (κ2) is 4.75. The van der Waals surface area contributed by atoms with E-state index in [9.17, 15) is 14.3 Å². The lowest BCUT2D eigenvalue weighted by atomic mass is 10.1. The van der Waals surface area contributed by atoms with Gasteiger partial charge in [0.05, 0.1) is 14.2 Å². The smallest absolute Gasteiger partial charge is 0.339 e. The van der Waals surface area contributed by atoms with Crippen LogP contribution in [0.25, 0.3) is 0 Å². The first-order chi connectivity index (χ1) is 7.08. The number of rotatable bonds is 3. The van der Waals surface area contributed by atoms with Crippen LogP contribution < -0.4 is 4.74 Å². The molecule has 0 fully saturated rings. The first kappa shape index (κ1) is 11.5. The molecule has 5 heteroatoms. The van der Waals surface area contributed by atoms with Gasteiger partial charge >= 0.3 is 5.97 Å². The first-order valence-electron chi connectivity index (χ1n) is 4.19. The van der Waals surface area contributed by atoms with Gasteiger partial charge in [0, 0.05) is 6.07 Å². The van der Waals surface area contributed by atoms with Crippen LogP contribution in [0.15, 0.2) is 18.2 Å². The van der Waals surface area contributed by atoms with E-state index in [1.165, 1.54) is 13.2 Å². The number of aliphatic hydroxyl groups excluding tert-OH is 1. The molecule has 0 saturated heterocycles. The van der Waals surface area contributed by atoms with Crippen LogP contribution in [0.5, 0.6) is 5.75 Å². The van der Waals surface area contributed by atoms with E-state index >= 15 is 0 Å². The highest BCUT2D eigenvalue weighted by molar-refractivity contribution is 5.76. The number of benzene rings is 1. The SMILES string of the molecule is COC(=O)C(O)c1cc(F)cc(OC)c1. The standard InChI is InChI=1S/C10H11FO4/c1-14-8-4-6(3-7(11)5-8)9(12)10(13)15-2/h3-5,9,12H,1-2H3. The predicted octanol–water partition coefficient (Wildman–Crippen LogP) is 1.04. The van der Waals surface area contributed by atoms with Crippen LogP contribution in [0.4, 0.5) is 4.39 Å². The van der Waals surface area contributed by atoms with Gasteiger partial charge in [0.15, 0.2) is 6.10 Å². The number of carbonyl (C=O) groups excluding carboxylic acids is 1. The molecule has 1 N–H and O–H groups in total. The minimum absolute atomic E-state index is 0.0960. The van der Waals surface area contributed by atoms with Crippen LogP contribution >= 0.6 is 0 Å². The maximum Gasteiger partial charge on any atom is 0.339 e. The molecule has 0 bridgehead atoms. The molecule has 0 heterocycles. The highest BCUT2D eigenvalue weighted by Gasteiger charge is 2.19. The van der Waals surface area contributed by atoms with Gasteiger partial charge in [-0.25, -0.2) is 9.18 Å². The Labute approximate surface area is 86.2 Å². The van der Waals surface area contributed by atoms with Crippen molar-refractivity contribution in [1.29, 1.82) is 0 Å². The summed E-state index contributed by atoms with van der Waals surface area (Å²) in [6, 6.07) is 3.56. The number of ether oxygens (including phenoxy) is 2. The third kappa shape index (κ3) is 2.66. The Kier molecular flexibility index (Phi) is 3.62. The molecule has 4 nitrogen and oxygen atoms in total. The molecule has 0 amide bonds. The number of hydrogen-bond acceptors (Lipinski definition) is 4. The van der Waals surface area contributed by atoms with Crippen molar-refractivity contribution in [3.05, 3.63) is 29.6 Å². The van der Waals surface area contributed by atoms with Gasteiger partial charge in [0.1, 0.15) is 11.6 Å². The van der Waals surface area contributed by atoms with Crippen LogP contribution in [0, 0.1) is 5.82 Å². The average molecular weight is 214 g/mol. The van der Waals surface area contributed by atoms with Crippen molar-refractivity contribution < 1.29 is 23.8 Å². The highest BCUT2D eigenvalue weighted by atomic mass is 19.1. The molecule has 15 heavy (non-hydrogen) atoms. The van der Waals surface area contributed by atoms with Gasteiger partial charge in [0.25, 0.3) is 0 Å². The fourth-order valence-electron chi connectivity index (χ4n) is 1.11. The lowest BCUT2D eigenvalue weighted by Crippen LogP contribution is -2.13. The summed E-state index contributed by atoms with van der Waals surface area (Å²) < 4.78 is 22.1. The number of hydrogen-bond donors (Lipinski definition) is 1. The van der Waals surface area contributed by atoms with E-state index in [2.05, 4.69) is 4.74 Å². The summed E-state index contributed by atoms with van der Waals surface area (Å²) in [5.74, 6) is -1.21. The Morgan fingerprint density at radius 1 is 1.40 bits per heavy atom. The van der Waals surface area contributed by atoms with Crippen LogP contribution in [-0.4, -0.2) is 25.3 Å². The number of esters is 1. The topological polar surface area (TPSA) is 55.8 Å². The quantitative estimate of drug-likeness (QED) is 0.764. The van der Waals surface area contributed by atoms with E-state index in [0.29, 0.717) is 0 Å². The van der Waals surface area contributed by atoms with Crippen molar-refractivity contribution in [2.24, 2.45) is 0 Å². The third-order valence-corrected chi connectivity index (χ3v) is 1.87. The Morgan fingerprint density at radius 3 is 2.60 bits per heavy atom. The molecule has 0 saturated carbocycles. The average Bonchev–Trinajstić information content (AvgIpc) is 2.26. The van der Waals surface area contributed by atoms with Crippen molar-refractivity contribution in [1.82, 2.24) is 0 Å². The van der Waals surface area contributed by atoms with E-state index in [-0.39, 0.29) is 11.3 Å². The van der Waals surface area contributed by atoms with Crippen molar-refractivity contribution in [2.45, 2.75) is 6.10 Å². The molecule has 1 rings (SSSR count). The molecule has 0 aliphatic heterocycles. The second-order valence-corrected chi connectivity index (χ2v) is 2.85. The summed E-state index contributed by atoms with van der Waals surface area (Å²) in [7, 11) is 2.51. The molecular weight excluding hydrogens is 203 g/mol. The van der Waals surface area contributed by atoms with Gasteiger partial charge in [-0.3, -0.25) is 0 Å². The van der Waals surface area contributed by atoms with Gasteiger partial charge in [-0.1, -0.05) is 0 Å². The van der Waals surface area contributed by atoms with E-state index in [0.717, 1.165) is 19.2 Å². The molecule has 0 aromatic heterocycles. The summed E-state index contributed by atoms with van der Waals surface area (Å²) >= 11 is 0. The fourth-order valence-corrected chi connectivity index (χ4v) is 1.11. The molecule has 0 aliphatic carbocycles. The maximum atomic E-state index is 13.0. The first-order valence-corrected chi connectivity index (χ1v) is 4.19. The zero-order valence-electron chi connectivity index (χ0n) is 8.36. The second-order valence-electron chi connectivity index (χ2n) is 2.85. The number of methoxy groups -OCH3 is 2. The van der Waals surface area contributed by atoms with Gasteiger partial charge < -0.3 is 14.6 Å². The summed E-state index contributed by atoms with van der Waals surface area (Å²) in [6.45, 7) is 0.